The van der Waals surface area contributed by atoms with E-state index in [1.165, 1.54) is 37.5 Å². The van der Waals surface area contributed by atoms with E-state index in [-0.39, 0.29) is 12.2 Å². The molecular formula is C31H49NO8. The van der Waals surface area contributed by atoms with E-state index >= 15 is 0 Å². The number of unbranched alkanes of at least 4 members (excludes halogenated alkanes) is 8. The molecule has 0 aliphatic carbocycles. The van der Waals surface area contributed by atoms with Crippen molar-refractivity contribution in [2.75, 3.05) is 13.2 Å². The van der Waals surface area contributed by atoms with Gasteiger partial charge < -0.3 is 30.8 Å². The standard InChI is InChI=1S/C31H49NO8/c1-2-3-4-7-10-13-26(35)14-11-8-5-6-9-12-15-28(31(40,20-21-33)30(38)39)29(37)32-25(23-34)22-24-16-18-27(36)19-17-24/h12,15-19,25,28,33-34,36,40H,2-11,13-14,20-23H2,1H3,(H,32,37)(H,38,39)/b15-12+/t25-,28+,31-/m0/s1. The molecule has 0 unspecified atom stereocenters. The molecule has 0 fully saturated rings. The largest absolute Gasteiger partial charge is 0.508 e. The Balaban J connectivity index is 2.63. The fraction of sp³-hybridized carbons (Fsp3) is 0.645. The highest BCUT2D eigenvalue weighted by atomic mass is 16.4. The lowest BCUT2D eigenvalue weighted by molar-refractivity contribution is -0.168. The highest BCUT2D eigenvalue weighted by Gasteiger charge is 2.46. The lowest BCUT2D eigenvalue weighted by atomic mass is 9.83. The Kier molecular flexibility index (Phi) is 17.8. The van der Waals surface area contributed by atoms with Crippen LogP contribution in [-0.2, 0) is 20.8 Å². The van der Waals surface area contributed by atoms with Crippen molar-refractivity contribution in [3.63, 3.8) is 0 Å². The molecule has 1 rings (SSSR count). The summed E-state index contributed by atoms with van der Waals surface area (Å²) in [5.41, 5.74) is -1.79. The van der Waals surface area contributed by atoms with E-state index in [9.17, 15) is 39.9 Å². The van der Waals surface area contributed by atoms with Crippen molar-refractivity contribution < 1.29 is 39.9 Å². The van der Waals surface area contributed by atoms with Crippen LogP contribution in [0.3, 0.4) is 0 Å². The van der Waals surface area contributed by atoms with Gasteiger partial charge in [0, 0.05) is 25.9 Å². The molecule has 0 aliphatic heterocycles. The molecule has 0 bridgehead atoms. The van der Waals surface area contributed by atoms with Gasteiger partial charge >= 0.3 is 5.97 Å². The van der Waals surface area contributed by atoms with Crippen LogP contribution in [0.5, 0.6) is 5.75 Å². The number of aliphatic hydroxyl groups excluding tert-OH is 2. The van der Waals surface area contributed by atoms with Crippen LogP contribution in [-0.4, -0.2) is 68.0 Å². The number of nitrogens with one attached hydrogen (secondary N) is 1. The normalized spacial score (nSPS) is 14.5. The van der Waals surface area contributed by atoms with Gasteiger partial charge in [-0.25, -0.2) is 4.79 Å². The molecule has 0 saturated heterocycles. The van der Waals surface area contributed by atoms with Crippen LogP contribution < -0.4 is 5.32 Å². The number of amides is 1. The number of hydrogen-bond donors (Lipinski definition) is 6. The number of carbonyl (C=O) groups excluding carboxylic acids is 2. The highest BCUT2D eigenvalue weighted by molar-refractivity contribution is 5.90. The Bertz CT molecular complexity index is 901. The molecule has 40 heavy (non-hydrogen) atoms. The summed E-state index contributed by atoms with van der Waals surface area (Å²) in [5.74, 6) is -3.49. The summed E-state index contributed by atoms with van der Waals surface area (Å²) in [6.07, 6.45) is 13.6. The minimum absolute atomic E-state index is 0.0794. The third-order valence-corrected chi connectivity index (χ3v) is 7.11. The summed E-state index contributed by atoms with van der Waals surface area (Å²) in [5, 5.41) is 51.8. The summed E-state index contributed by atoms with van der Waals surface area (Å²) in [6, 6.07) is 5.50. The zero-order chi connectivity index (χ0) is 29.8. The molecule has 0 spiro atoms. The summed E-state index contributed by atoms with van der Waals surface area (Å²) in [7, 11) is 0. The van der Waals surface area contributed by atoms with Gasteiger partial charge in [0.25, 0.3) is 0 Å². The van der Waals surface area contributed by atoms with E-state index in [2.05, 4.69) is 12.2 Å². The molecule has 0 heterocycles. The SMILES string of the molecule is CCCCCCCC(=O)CCCCCC/C=C/[C@H](C(=O)N[C@H](CO)Cc1ccc(O)cc1)[C@@](O)(CCO)C(=O)O. The molecule has 6 N–H and O–H groups in total. The van der Waals surface area contributed by atoms with Crippen molar-refractivity contribution in [1.82, 2.24) is 5.32 Å². The number of Topliss-reactive ketones (excluding diaryl/α,β-unsaturated/α-hetero) is 1. The molecular weight excluding hydrogens is 514 g/mol. The Morgan fingerprint density at radius 1 is 0.925 bits per heavy atom. The fourth-order valence-corrected chi connectivity index (χ4v) is 4.62. The molecule has 9 heteroatoms. The number of phenolic OH excluding ortho intramolecular Hbond substituents is 1. The van der Waals surface area contributed by atoms with Crippen LogP contribution in [0.4, 0.5) is 0 Å². The molecule has 1 amide bonds. The summed E-state index contributed by atoms with van der Waals surface area (Å²) < 4.78 is 0. The number of benzene rings is 1. The number of rotatable bonds is 23. The zero-order valence-corrected chi connectivity index (χ0v) is 23.9. The van der Waals surface area contributed by atoms with Gasteiger partial charge in [0.1, 0.15) is 11.5 Å². The van der Waals surface area contributed by atoms with Crippen LogP contribution >= 0.6 is 0 Å². The van der Waals surface area contributed by atoms with E-state index in [0.717, 1.165) is 44.1 Å². The first-order chi connectivity index (χ1) is 19.2. The predicted octanol–water partition coefficient (Wildman–Crippen LogP) is 4.05. The number of aromatic hydroxyl groups is 1. The summed E-state index contributed by atoms with van der Waals surface area (Å²) >= 11 is 0. The third kappa shape index (κ3) is 13.5. The molecule has 1 aromatic carbocycles. The quantitative estimate of drug-likeness (QED) is 0.0857. The number of carbonyl (C=O) groups is 3. The highest BCUT2D eigenvalue weighted by Crippen LogP contribution is 2.25. The van der Waals surface area contributed by atoms with E-state index in [0.29, 0.717) is 25.0 Å². The molecule has 9 nitrogen and oxygen atoms in total. The predicted molar refractivity (Wildman–Crippen MR) is 154 cm³/mol. The Hall–Kier alpha value is -2.75. The second-order valence-electron chi connectivity index (χ2n) is 10.5. The Labute approximate surface area is 238 Å². The molecule has 0 aliphatic rings. The van der Waals surface area contributed by atoms with Gasteiger partial charge in [-0.2, -0.15) is 0 Å². The van der Waals surface area contributed by atoms with Gasteiger partial charge in [-0.3, -0.25) is 9.59 Å². The first-order valence-electron chi connectivity index (χ1n) is 14.6. The summed E-state index contributed by atoms with van der Waals surface area (Å²) in [6.45, 7) is 1.12. The van der Waals surface area contributed by atoms with Crippen LogP contribution in [0.1, 0.15) is 96.0 Å². The van der Waals surface area contributed by atoms with Crippen LogP contribution in [0.25, 0.3) is 0 Å². The van der Waals surface area contributed by atoms with Crippen molar-refractivity contribution in [3.05, 3.63) is 42.0 Å². The van der Waals surface area contributed by atoms with Crippen molar-refractivity contribution in [3.8, 4) is 5.75 Å². The fourth-order valence-electron chi connectivity index (χ4n) is 4.62. The minimum Gasteiger partial charge on any atom is -0.508 e. The van der Waals surface area contributed by atoms with Crippen molar-refractivity contribution >= 4 is 17.7 Å². The first kappa shape index (κ1) is 35.3. The minimum atomic E-state index is -2.52. The summed E-state index contributed by atoms with van der Waals surface area (Å²) in [4.78, 5) is 37.1. The molecule has 0 radical (unpaired) electrons. The maximum Gasteiger partial charge on any atom is 0.336 e. The van der Waals surface area contributed by atoms with E-state index in [1.54, 1.807) is 18.2 Å². The number of hydrogen-bond acceptors (Lipinski definition) is 7. The molecule has 0 aromatic heterocycles. The smallest absolute Gasteiger partial charge is 0.336 e. The van der Waals surface area contributed by atoms with Gasteiger partial charge in [-0.15, -0.1) is 0 Å². The number of carboxylic acids is 1. The second-order valence-corrected chi connectivity index (χ2v) is 10.5. The third-order valence-electron chi connectivity index (χ3n) is 7.11. The zero-order valence-electron chi connectivity index (χ0n) is 23.9. The number of phenols is 1. The Morgan fingerprint density at radius 3 is 2.08 bits per heavy atom. The lowest BCUT2D eigenvalue weighted by Crippen LogP contribution is -2.54. The maximum absolute atomic E-state index is 13.1. The van der Waals surface area contributed by atoms with Crippen molar-refractivity contribution in [1.29, 1.82) is 0 Å². The number of aliphatic hydroxyl groups is 3. The first-order valence-corrected chi connectivity index (χ1v) is 14.6. The maximum atomic E-state index is 13.1. The van der Waals surface area contributed by atoms with Crippen LogP contribution in [0, 0.1) is 5.92 Å². The Morgan fingerprint density at radius 2 is 1.52 bits per heavy atom. The number of carboxylic acid groups (broad SMARTS) is 1. The van der Waals surface area contributed by atoms with E-state index in [4.69, 9.17) is 0 Å². The number of allylic oxidation sites excluding steroid dienone is 1. The van der Waals surface area contributed by atoms with Gasteiger partial charge in [-0.1, -0.05) is 69.7 Å². The van der Waals surface area contributed by atoms with Gasteiger partial charge in [0.15, 0.2) is 5.60 Å². The monoisotopic (exact) mass is 563 g/mol. The number of ketones is 1. The lowest BCUT2D eigenvalue weighted by Gasteiger charge is -2.30. The van der Waals surface area contributed by atoms with Crippen molar-refractivity contribution in [2.45, 2.75) is 108 Å². The van der Waals surface area contributed by atoms with Crippen molar-refractivity contribution in [2.24, 2.45) is 5.92 Å². The van der Waals surface area contributed by atoms with Crippen LogP contribution in [0.15, 0.2) is 36.4 Å². The average molecular weight is 564 g/mol. The molecule has 1 aromatic rings. The number of aliphatic carboxylic acids is 1. The molecule has 0 saturated carbocycles. The van der Waals surface area contributed by atoms with Gasteiger partial charge in [-0.05, 0) is 49.8 Å². The molecule has 3 atom stereocenters. The second kappa shape index (κ2) is 20.2. The van der Waals surface area contributed by atoms with Gasteiger partial charge in [0.2, 0.25) is 5.91 Å². The van der Waals surface area contributed by atoms with Gasteiger partial charge in [0.05, 0.1) is 18.6 Å². The van der Waals surface area contributed by atoms with E-state index in [1.807, 2.05) is 0 Å². The van der Waals surface area contributed by atoms with Crippen LogP contribution in [0.2, 0.25) is 0 Å². The average Bonchev–Trinajstić information content (AvgIpc) is 2.92. The molecule has 226 valence electrons. The van der Waals surface area contributed by atoms with E-state index < -0.39 is 49.1 Å². The topological polar surface area (TPSA) is 164 Å².